The van der Waals surface area contributed by atoms with Gasteiger partial charge in [-0.15, -0.1) is 0 Å². The lowest BCUT2D eigenvalue weighted by Gasteiger charge is -2.66. The predicted molar refractivity (Wildman–Crippen MR) is 126 cm³/mol. The van der Waals surface area contributed by atoms with Gasteiger partial charge in [-0.2, -0.15) is 18.2 Å². The number of nitrogens with zero attached hydrogens (tertiary/aromatic N) is 1. The second-order valence-electron chi connectivity index (χ2n) is 11.9. The van der Waals surface area contributed by atoms with Crippen molar-refractivity contribution in [3.05, 3.63) is 23.8 Å². The number of ketones is 1. The Morgan fingerprint density at radius 2 is 1.95 bits per heavy atom. The van der Waals surface area contributed by atoms with Crippen molar-refractivity contribution in [2.75, 3.05) is 19.1 Å². The van der Waals surface area contributed by atoms with Crippen molar-refractivity contribution in [1.29, 1.82) is 0 Å². The summed E-state index contributed by atoms with van der Waals surface area (Å²) >= 11 is 0.431. The van der Waals surface area contributed by atoms with Gasteiger partial charge in [-0.25, -0.2) is 8.78 Å². The standard InChI is InChI=1S/C26H32F5NO4S/c1-22-5-4-15(33)9-18(22)19(28)10-17-16-8-14-12-32(7-6-25(29,30)31)36-26(14,21(35)37-13-27)23(16,2)11-20(34)24(17,22)3/h4-5,9,14,16-17,19-20,34H,6-8,10-13H2,1-3H3/t14-,16-,17-,19-,20-,22-,23-,24+,26-/m0/s1. The quantitative estimate of drug-likeness (QED) is 0.501. The Morgan fingerprint density at radius 1 is 1.24 bits per heavy atom. The molecule has 0 radical (unpaired) electrons. The summed E-state index contributed by atoms with van der Waals surface area (Å²) in [6.45, 7) is 5.12. The first-order valence-corrected chi connectivity index (χ1v) is 13.6. The van der Waals surface area contributed by atoms with E-state index in [4.69, 9.17) is 4.84 Å². The molecule has 4 fully saturated rings. The van der Waals surface area contributed by atoms with Crippen LogP contribution in [0, 0.1) is 34.0 Å². The Balaban J connectivity index is 1.56. The molecule has 5 rings (SSSR count). The van der Waals surface area contributed by atoms with Gasteiger partial charge in [0.2, 0.25) is 5.12 Å². The normalized spacial score (nSPS) is 47.2. The summed E-state index contributed by atoms with van der Waals surface area (Å²) in [5, 5.41) is 12.3. The van der Waals surface area contributed by atoms with Crippen LogP contribution in [0.1, 0.15) is 46.5 Å². The van der Waals surface area contributed by atoms with Crippen LogP contribution in [0.3, 0.4) is 0 Å². The third kappa shape index (κ3) is 3.59. The fourth-order valence-corrected chi connectivity index (χ4v) is 9.36. The summed E-state index contributed by atoms with van der Waals surface area (Å²) in [5.41, 5.74) is -4.14. The van der Waals surface area contributed by atoms with Gasteiger partial charge >= 0.3 is 6.18 Å². The number of hydroxylamine groups is 2. The summed E-state index contributed by atoms with van der Waals surface area (Å²) in [4.78, 5) is 31.7. The molecule has 0 amide bonds. The smallest absolute Gasteiger partial charge is 0.390 e. The Morgan fingerprint density at radius 3 is 2.59 bits per heavy atom. The van der Waals surface area contributed by atoms with Crippen LogP contribution >= 0.6 is 11.8 Å². The van der Waals surface area contributed by atoms with E-state index in [2.05, 4.69) is 0 Å². The second-order valence-corrected chi connectivity index (χ2v) is 12.8. The van der Waals surface area contributed by atoms with Crippen molar-refractivity contribution in [3.8, 4) is 0 Å². The summed E-state index contributed by atoms with van der Waals surface area (Å²) < 4.78 is 67.9. The third-order valence-corrected chi connectivity index (χ3v) is 11.2. The van der Waals surface area contributed by atoms with Crippen molar-refractivity contribution >= 4 is 22.7 Å². The zero-order valence-corrected chi connectivity index (χ0v) is 21.8. The molecule has 5 nitrogen and oxygen atoms in total. The molecule has 1 saturated heterocycles. The average molecular weight is 550 g/mol. The molecule has 0 aromatic rings. The van der Waals surface area contributed by atoms with Crippen LogP contribution in [0.15, 0.2) is 23.8 Å². The number of allylic oxidation sites excluding steroid dienone is 4. The van der Waals surface area contributed by atoms with Gasteiger partial charge in [0, 0.05) is 35.3 Å². The largest absolute Gasteiger partial charge is 0.392 e. The van der Waals surface area contributed by atoms with E-state index < -0.39 is 76.2 Å². The maximum atomic E-state index is 15.7. The van der Waals surface area contributed by atoms with E-state index in [1.807, 2.05) is 13.8 Å². The van der Waals surface area contributed by atoms with Crippen molar-refractivity contribution < 1.29 is 41.5 Å². The zero-order chi connectivity index (χ0) is 27.2. The van der Waals surface area contributed by atoms with Gasteiger partial charge in [0.25, 0.3) is 0 Å². The molecule has 0 spiro atoms. The highest BCUT2D eigenvalue weighted by Crippen LogP contribution is 2.74. The lowest BCUT2D eigenvalue weighted by Crippen LogP contribution is -2.67. The molecule has 3 saturated carbocycles. The molecule has 0 unspecified atom stereocenters. The second kappa shape index (κ2) is 8.60. The molecule has 206 valence electrons. The first-order chi connectivity index (χ1) is 17.1. The van der Waals surface area contributed by atoms with Crippen LogP contribution in [0.25, 0.3) is 0 Å². The number of carbonyl (C=O) groups is 2. The monoisotopic (exact) mass is 549 g/mol. The average Bonchev–Trinajstić information content (AvgIpc) is 3.29. The molecule has 37 heavy (non-hydrogen) atoms. The fraction of sp³-hybridized carbons (Fsp3) is 0.769. The first kappa shape index (κ1) is 27.3. The van der Waals surface area contributed by atoms with Gasteiger partial charge in [-0.1, -0.05) is 38.6 Å². The molecule has 1 N–H and O–H groups in total. The summed E-state index contributed by atoms with van der Waals surface area (Å²) in [6.07, 6.45) is -3.09. The lowest BCUT2D eigenvalue weighted by molar-refractivity contribution is -0.264. The number of aliphatic hydroxyl groups excluding tert-OH is 1. The first-order valence-electron chi connectivity index (χ1n) is 12.7. The number of hydrogen-bond donors (Lipinski definition) is 1. The molecule has 0 bridgehead atoms. The van der Waals surface area contributed by atoms with E-state index in [0.717, 1.165) is 5.06 Å². The SMILES string of the molecule is C[C@]12[C@@H](O)C[C@@]3(C)[C@@H](C[C@H]4CN(CCC(F)(F)F)O[C@]43C(=O)SCF)[C@@H]1C[C@H](F)C1=CC(=O)C=C[C@@]12C. The maximum Gasteiger partial charge on any atom is 0.390 e. The van der Waals surface area contributed by atoms with Crippen LogP contribution in [-0.2, 0) is 14.4 Å². The van der Waals surface area contributed by atoms with E-state index in [1.165, 1.54) is 12.2 Å². The molecule has 4 aliphatic carbocycles. The van der Waals surface area contributed by atoms with Crippen LogP contribution < -0.4 is 0 Å². The van der Waals surface area contributed by atoms with E-state index in [9.17, 15) is 32.3 Å². The van der Waals surface area contributed by atoms with Crippen LogP contribution in [0.5, 0.6) is 0 Å². The number of fused-ring (bicyclic) bond motifs is 7. The summed E-state index contributed by atoms with van der Waals surface area (Å²) in [5.74, 6) is -1.54. The zero-order valence-electron chi connectivity index (χ0n) is 21.0. The highest BCUT2D eigenvalue weighted by Gasteiger charge is 2.78. The van der Waals surface area contributed by atoms with E-state index in [1.54, 1.807) is 13.0 Å². The number of alkyl halides is 5. The topological polar surface area (TPSA) is 66.8 Å². The van der Waals surface area contributed by atoms with Crippen LogP contribution in [0.4, 0.5) is 22.0 Å². The minimum absolute atomic E-state index is 0.0430. The number of rotatable bonds is 4. The van der Waals surface area contributed by atoms with Gasteiger partial charge in [0.15, 0.2) is 11.4 Å². The molecule has 9 atom stereocenters. The van der Waals surface area contributed by atoms with Gasteiger partial charge in [-0.3, -0.25) is 14.4 Å². The molecule has 1 aliphatic heterocycles. The minimum atomic E-state index is -4.41. The molecule has 0 aromatic heterocycles. The van der Waals surface area contributed by atoms with Crippen molar-refractivity contribution in [1.82, 2.24) is 5.06 Å². The lowest BCUT2D eigenvalue weighted by atomic mass is 9.39. The van der Waals surface area contributed by atoms with Gasteiger partial charge < -0.3 is 5.11 Å². The Hall–Kier alpha value is -1.30. The molecule has 0 aromatic carbocycles. The number of aliphatic hydroxyl groups is 1. The van der Waals surface area contributed by atoms with Gasteiger partial charge in [-0.05, 0) is 48.8 Å². The molecule has 5 aliphatic rings. The van der Waals surface area contributed by atoms with Crippen LogP contribution in [-0.4, -0.2) is 64.2 Å². The number of hydrogen-bond acceptors (Lipinski definition) is 6. The number of thioether (sulfide) groups is 1. The summed E-state index contributed by atoms with van der Waals surface area (Å²) in [6, 6.07) is -1.01. The molecular formula is C26H32F5NO4S. The van der Waals surface area contributed by atoms with E-state index >= 15 is 4.39 Å². The molecular weight excluding hydrogens is 517 g/mol. The Labute approximate surface area is 216 Å². The van der Waals surface area contributed by atoms with E-state index in [0.29, 0.717) is 23.8 Å². The van der Waals surface area contributed by atoms with Gasteiger partial charge in [0.1, 0.15) is 12.2 Å². The third-order valence-electron chi connectivity index (χ3n) is 10.6. The highest BCUT2D eigenvalue weighted by molar-refractivity contribution is 8.13. The minimum Gasteiger partial charge on any atom is -0.392 e. The Bertz CT molecular complexity index is 1070. The predicted octanol–water partition coefficient (Wildman–Crippen LogP) is 4.95. The van der Waals surface area contributed by atoms with Crippen molar-refractivity contribution in [2.24, 2.45) is 34.0 Å². The number of halogens is 5. The van der Waals surface area contributed by atoms with Crippen molar-refractivity contribution in [3.63, 3.8) is 0 Å². The van der Waals surface area contributed by atoms with Crippen LogP contribution in [0.2, 0.25) is 0 Å². The maximum absolute atomic E-state index is 15.7. The Kier molecular flexibility index (Phi) is 6.34. The molecule has 11 heteroatoms. The summed E-state index contributed by atoms with van der Waals surface area (Å²) in [7, 11) is 0. The van der Waals surface area contributed by atoms with E-state index in [-0.39, 0.29) is 31.1 Å². The van der Waals surface area contributed by atoms with Gasteiger partial charge in [0.05, 0.1) is 12.5 Å². The number of carbonyl (C=O) groups excluding carboxylic acids is 2. The fourth-order valence-electron chi connectivity index (χ4n) is 8.61. The highest BCUT2D eigenvalue weighted by atomic mass is 32.2. The molecule has 1 heterocycles. The van der Waals surface area contributed by atoms with Crippen molar-refractivity contribution in [2.45, 2.75) is 70.5 Å².